The molecule has 5 nitrogen and oxygen atoms in total. The highest BCUT2D eigenvalue weighted by Crippen LogP contribution is 2.22. The number of carbonyl (C=O) groups excluding carboxylic acids is 2. The van der Waals surface area contributed by atoms with Crippen LogP contribution in [0.4, 0.5) is 18.9 Å². The van der Waals surface area contributed by atoms with Crippen LogP contribution < -0.4 is 11.1 Å². The third-order valence-corrected chi connectivity index (χ3v) is 3.48. The van der Waals surface area contributed by atoms with Crippen LogP contribution in [0.25, 0.3) is 0 Å². The summed E-state index contributed by atoms with van der Waals surface area (Å²) in [5, 5.41) is 2.30. The van der Waals surface area contributed by atoms with Crippen molar-refractivity contribution in [3.8, 4) is 0 Å². The molecule has 0 bridgehead atoms. The Morgan fingerprint density at radius 1 is 1.11 bits per heavy atom. The van der Waals surface area contributed by atoms with Gasteiger partial charge in [-0.3, -0.25) is 9.59 Å². The average Bonchev–Trinajstić information content (AvgIpc) is 2.58. The summed E-state index contributed by atoms with van der Waals surface area (Å²) in [6, 6.07) is 6.90. The number of carbonyl (C=O) groups is 2. The van der Waals surface area contributed by atoms with Gasteiger partial charge in [-0.25, -0.2) is 13.2 Å². The van der Waals surface area contributed by atoms with Crippen molar-refractivity contribution in [2.24, 2.45) is 5.73 Å². The van der Waals surface area contributed by atoms with Crippen molar-refractivity contribution in [1.29, 1.82) is 0 Å². The molecular weight excluding hydrogens is 361 g/mol. The lowest BCUT2D eigenvalue weighted by Crippen LogP contribution is -2.14. The highest BCUT2D eigenvalue weighted by atomic mass is 19.1. The van der Waals surface area contributed by atoms with Crippen LogP contribution in [0.2, 0.25) is 0 Å². The molecule has 2 aromatic carbocycles. The zero-order valence-electron chi connectivity index (χ0n) is 14.4. The molecule has 0 aliphatic carbocycles. The van der Waals surface area contributed by atoms with Crippen LogP contribution in [-0.4, -0.2) is 18.4 Å². The van der Waals surface area contributed by atoms with E-state index in [1.807, 2.05) is 0 Å². The monoisotopic (exact) mass is 378 g/mol. The molecule has 3 N–H and O–H groups in total. The first kappa shape index (κ1) is 20.0. The molecule has 27 heavy (non-hydrogen) atoms. The molecule has 0 amide bonds. The number of rotatable bonds is 7. The van der Waals surface area contributed by atoms with E-state index in [4.69, 9.17) is 10.5 Å². The minimum Gasteiger partial charge on any atom is -0.466 e. The quantitative estimate of drug-likeness (QED) is 0.439. The van der Waals surface area contributed by atoms with Crippen molar-refractivity contribution in [2.45, 2.75) is 13.3 Å². The number of benzene rings is 2. The number of hydrogen-bond acceptors (Lipinski definition) is 5. The van der Waals surface area contributed by atoms with E-state index in [1.54, 1.807) is 0 Å². The lowest BCUT2D eigenvalue weighted by Gasteiger charge is -2.11. The Morgan fingerprint density at radius 2 is 1.70 bits per heavy atom. The molecule has 0 aliphatic heterocycles. The van der Waals surface area contributed by atoms with Gasteiger partial charge >= 0.3 is 5.97 Å². The highest BCUT2D eigenvalue weighted by Gasteiger charge is 2.13. The number of hydrogen-bond donors (Lipinski definition) is 2. The smallest absolute Gasteiger partial charge is 0.302 e. The first-order valence-corrected chi connectivity index (χ1v) is 7.91. The lowest BCUT2D eigenvalue weighted by atomic mass is 10.1. The summed E-state index contributed by atoms with van der Waals surface area (Å²) >= 11 is 0. The zero-order chi connectivity index (χ0) is 20.0. The van der Waals surface area contributed by atoms with E-state index in [9.17, 15) is 22.8 Å². The molecule has 0 saturated carbocycles. The number of ether oxygens (including phenoxy) is 1. The van der Waals surface area contributed by atoms with Crippen LogP contribution >= 0.6 is 0 Å². The van der Waals surface area contributed by atoms with Gasteiger partial charge in [0.1, 0.15) is 29.0 Å². The van der Waals surface area contributed by atoms with Crippen molar-refractivity contribution >= 4 is 17.4 Å². The van der Waals surface area contributed by atoms with Crippen molar-refractivity contribution in [3.63, 3.8) is 0 Å². The second kappa shape index (κ2) is 8.88. The third-order valence-electron chi connectivity index (χ3n) is 3.48. The molecule has 0 saturated heterocycles. The van der Waals surface area contributed by atoms with E-state index in [0.29, 0.717) is 5.56 Å². The third kappa shape index (κ3) is 5.88. The lowest BCUT2D eigenvalue weighted by molar-refractivity contribution is -0.140. The van der Waals surface area contributed by atoms with Crippen LogP contribution in [-0.2, 0) is 16.0 Å². The number of anilines is 1. The summed E-state index contributed by atoms with van der Waals surface area (Å²) < 4.78 is 45.9. The van der Waals surface area contributed by atoms with Gasteiger partial charge in [-0.15, -0.1) is 0 Å². The summed E-state index contributed by atoms with van der Waals surface area (Å²) in [4.78, 5) is 22.7. The second-order valence-corrected chi connectivity index (χ2v) is 5.62. The van der Waals surface area contributed by atoms with E-state index in [-0.39, 0.29) is 24.4 Å². The summed E-state index contributed by atoms with van der Waals surface area (Å²) in [6.45, 7) is 1.23. The van der Waals surface area contributed by atoms with Gasteiger partial charge in [-0.2, -0.15) is 0 Å². The molecule has 0 unspecified atom stereocenters. The second-order valence-electron chi connectivity index (χ2n) is 5.62. The molecule has 8 heteroatoms. The number of halogens is 3. The highest BCUT2D eigenvalue weighted by molar-refractivity contribution is 6.05. The average molecular weight is 378 g/mol. The summed E-state index contributed by atoms with van der Waals surface area (Å²) in [5.41, 5.74) is 5.57. The molecule has 0 aromatic heterocycles. The largest absolute Gasteiger partial charge is 0.466 e. The number of allylic oxidation sites excluding steroid dienone is 1. The maximum absolute atomic E-state index is 14.1. The molecular formula is C19H17F3N2O3. The fourth-order valence-corrected chi connectivity index (χ4v) is 2.22. The maximum Gasteiger partial charge on any atom is 0.302 e. The topological polar surface area (TPSA) is 81.4 Å². The van der Waals surface area contributed by atoms with Crippen LogP contribution in [0, 0.1) is 17.5 Å². The molecule has 0 atom stereocenters. The fourth-order valence-electron chi connectivity index (χ4n) is 2.22. The van der Waals surface area contributed by atoms with E-state index in [1.165, 1.54) is 19.1 Å². The normalized spacial score (nSPS) is 11.2. The Balaban J connectivity index is 2.10. The first-order chi connectivity index (χ1) is 12.8. The SMILES string of the molecule is CC(=O)OCCc1cc(F)c(NC(N)=CC(=O)c2ccc(F)cc2)c(F)c1. The molecule has 2 aromatic rings. The standard InChI is InChI=1S/C19H17F3N2O3/c1-11(25)27-7-6-12-8-15(21)19(16(22)9-12)24-18(23)10-17(26)13-2-4-14(20)5-3-13/h2-5,8-10,24H,6-7,23H2,1H3. The Bertz CT molecular complexity index is 857. The predicted molar refractivity (Wildman–Crippen MR) is 93.3 cm³/mol. The molecule has 0 heterocycles. The van der Waals surface area contributed by atoms with E-state index in [0.717, 1.165) is 30.3 Å². The van der Waals surface area contributed by atoms with Crippen LogP contribution in [0.5, 0.6) is 0 Å². The van der Waals surface area contributed by atoms with Gasteiger partial charge in [-0.1, -0.05) is 0 Å². The van der Waals surface area contributed by atoms with Gasteiger partial charge in [0, 0.05) is 25.0 Å². The van der Waals surface area contributed by atoms with Crippen LogP contribution in [0.3, 0.4) is 0 Å². The van der Waals surface area contributed by atoms with Crippen molar-refractivity contribution in [3.05, 3.63) is 76.9 Å². The first-order valence-electron chi connectivity index (χ1n) is 7.91. The van der Waals surface area contributed by atoms with Crippen molar-refractivity contribution < 1.29 is 27.5 Å². The Kier molecular flexibility index (Phi) is 6.59. The van der Waals surface area contributed by atoms with Crippen LogP contribution in [0.15, 0.2) is 48.3 Å². The minimum absolute atomic E-state index is 0.00476. The zero-order valence-corrected chi connectivity index (χ0v) is 14.4. The van der Waals surface area contributed by atoms with Crippen LogP contribution in [0.1, 0.15) is 22.8 Å². The van der Waals surface area contributed by atoms with Gasteiger partial charge in [-0.05, 0) is 42.0 Å². The molecule has 0 spiro atoms. The van der Waals surface area contributed by atoms with Crippen molar-refractivity contribution in [1.82, 2.24) is 0 Å². The minimum atomic E-state index is -0.918. The molecule has 2 rings (SSSR count). The maximum atomic E-state index is 14.1. The Morgan fingerprint density at radius 3 is 2.26 bits per heavy atom. The summed E-state index contributed by atoms with van der Waals surface area (Å²) in [6.07, 6.45) is 1.09. The molecule has 142 valence electrons. The van der Waals surface area contributed by atoms with Crippen molar-refractivity contribution in [2.75, 3.05) is 11.9 Å². The van der Waals surface area contributed by atoms with Gasteiger partial charge in [0.05, 0.1) is 6.61 Å². The summed E-state index contributed by atoms with van der Waals surface area (Å²) in [5.74, 6) is -3.66. The van der Waals surface area contributed by atoms with Gasteiger partial charge < -0.3 is 15.8 Å². The van der Waals surface area contributed by atoms with E-state index < -0.39 is 34.9 Å². The van der Waals surface area contributed by atoms with Gasteiger partial charge in [0.2, 0.25) is 0 Å². The van der Waals surface area contributed by atoms with E-state index >= 15 is 0 Å². The fraction of sp³-hybridized carbons (Fsp3) is 0.158. The van der Waals surface area contributed by atoms with E-state index in [2.05, 4.69) is 5.32 Å². The van der Waals surface area contributed by atoms with Gasteiger partial charge in [0.15, 0.2) is 5.78 Å². The number of nitrogens with one attached hydrogen (secondary N) is 1. The number of nitrogens with two attached hydrogens (primary N) is 1. The summed E-state index contributed by atoms with van der Waals surface area (Å²) in [7, 11) is 0. The molecule has 0 aliphatic rings. The Labute approximate surface area is 153 Å². The Hall–Kier alpha value is -3.29. The predicted octanol–water partition coefficient (Wildman–Crippen LogP) is 3.30. The number of esters is 1. The van der Waals surface area contributed by atoms with Gasteiger partial charge in [0.25, 0.3) is 0 Å². The number of ketones is 1. The molecule has 0 fully saturated rings. The molecule has 0 radical (unpaired) electrons.